The second-order valence-corrected chi connectivity index (χ2v) is 9.74. The van der Waals surface area contributed by atoms with Gasteiger partial charge in [-0.3, -0.25) is 4.98 Å². The van der Waals surface area contributed by atoms with E-state index in [-0.39, 0.29) is 0 Å². The van der Waals surface area contributed by atoms with Crippen LogP contribution in [0.15, 0.2) is 30.6 Å². The van der Waals surface area contributed by atoms with Crippen molar-refractivity contribution in [1.82, 2.24) is 20.3 Å². The van der Waals surface area contributed by atoms with E-state index in [2.05, 4.69) is 45.3 Å². The van der Waals surface area contributed by atoms with E-state index in [1.807, 2.05) is 18.3 Å². The van der Waals surface area contributed by atoms with Gasteiger partial charge in [0, 0.05) is 51.2 Å². The summed E-state index contributed by atoms with van der Waals surface area (Å²) >= 11 is 5.54. The fourth-order valence-corrected chi connectivity index (χ4v) is 4.95. The van der Waals surface area contributed by atoms with E-state index in [9.17, 15) is 0 Å². The Morgan fingerprint density at radius 1 is 1.03 bits per heavy atom. The summed E-state index contributed by atoms with van der Waals surface area (Å²) in [6.45, 7) is 9.43. The third-order valence-electron chi connectivity index (χ3n) is 6.22. The summed E-state index contributed by atoms with van der Waals surface area (Å²) in [6.07, 6.45) is 9.89. The Bertz CT molecular complexity index is 873. The summed E-state index contributed by atoms with van der Waals surface area (Å²) in [7, 11) is 0. The number of thiocarbonyl (C=S) groups is 1. The van der Waals surface area contributed by atoms with Gasteiger partial charge in [-0.05, 0) is 54.9 Å². The largest absolute Gasteiger partial charge is 0.358 e. The molecule has 4 rings (SSSR count). The first-order valence-electron chi connectivity index (χ1n) is 11.9. The average molecular weight is 454 g/mol. The third kappa shape index (κ3) is 6.28. The lowest BCUT2D eigenvalue weighted by Gasteiger charge is -2.36. The van der Waals surface area contributed by atoms with Crippen LogP contribution < -0.4 is 20.4 Å². The van der Waals surface area contributed by atoms with Crippen LogP contribution in [-0.2, 0) is 6.54 Å². The predicted molar refractivity (Wildman–Crippen MR) is 135 cm³/mol. The number of pyridine rings is 1. The van der Waals surface area contributed by atoms with E-state index in [1.165, 1.54) is 32.1 Å². The Balaban J connectivity index is 1.53. The maximum absolute atomic E-state index is 5.54. The summed E-state index contributed by atoms with van der Waals surface area (Å²) < 4.78 is 0. The summed E-state index contributed by atoms with van der Waals surface area (Å²) in [6, 6.07) is 6.12. The van der Waals surface area contributed by atoms with Gasteiger partial charge in [-0.25, -0.2) is 0 Å². The molecule has 2 aromatic heterocycles. The number of nitrogens with one attached hydrogen (secondary N) is 2. The van der Waals surface area contributed by atoms with E-state index >= 15 is 0 Å². The van der Waals surface area contributed by atoms with Crippen LogP contribution in [0.4, 0.5) is 17.6 Å². The van der Waals surface area contributed by atoms with Gasteiger partial charge in [0.25, 0.3) is 0 Å². The summed E-state index contributed by atoms with van der Waals surface area (Å²) in [5.74, 6) is 3.88. The molecule has 0 saturated carbocycles. The van der Waals surface area contributed by atoms with Crippen LogP contribution in [0.2, 0.25) is 0 Å². The lowest BCUT2D eigenvalue weighted by molar-refractivity contribution is 0.355. The van der Waals surface area contributed by atoms with Crippen molar-refractivity contribution >= 4 is 34.9 Å². The van der Waals surface area contributed by atoms with Crippen LogP contribution in [-0.4, -0.2) is 46.2 Å². The number of nitrogens with zero attached hydrogens (tertiary/aromatic N) is 5. The minimum absolute atomic E-state index is 0.521. The van der Waals surface area contributed by atoms with Gasteiger partial charge in [0.2, 0.25) is 5.95 Å². The minimum atomic E-state index is 0.521. The minimum Gasteiger partial charge on any atom is -0.358 e. The van der Waals surface area contributed by atoms with Crippen molar-refractivity contribution in [1.29, 1.82) is 0 Å². The Hall–Kier alpha value is -2.48. The molecule has 8 heteroatoms. The van der Waals surface area contributed by atoms with Crippen LogP contribution in [0.3, 0.4) is 0 Å². The fourth-order valence-electron chi connectivity index (χ4n) is 4.78. The molecule has 4 heterocycles. The normalized spacial score (nSPS) is 21.7. The lowest BCUT2D eigenvalue weighted by atomic mass is 9.92. The monoisotopic (exact) mass is 453 g/mol. The summed E-state index contributed by atoms with van der Waals surface area (Å²) in [4.78, 5) is 18.7. The zero-order valence-corrected chi connectivity index (χ0v) is 20.1. The first-order valence-corrected chi connectivity index (χ1v) is 12.3. The Morgan fingerprint density at radius 3 is 2.38 bits per heavy atom. The molecule has 0 aliphatic carbocycles. The average Bonchev–Trinajstić information content (AvgIpc) is 3.07. The van der Waals surface area contributed by atoms with Crippen LogP contribution in [0.5, 0.6) is 0 Å². The van der Waals surface area contributed by atoms with Gasteiger partial charge in [0.05, 0.1) is 0 Å². The molecule has 0 amide bonds. The second-order valence-electron chi connectivity index (χ2n) is 9.33. The summed E-state index contributed by atoms with van der Waals surface area (Å²) in [5, 5.41) is 7.00. The highest BCUT2D eigenvalue weighted by molar-refractivity contribution is 7.80. The maximum Gasteiger partial charge on any atom is 0.232 e. The highest BCUT2D eigenvalue weighted by Crippen LogP contribution is 2.29. The van der Waals surface area contributed by atoms with Crippen LogP contribution in [0.25, 0.3) is 0 Å². The summed E-state index contributed by atoms with van der Waals surface area (Å²) in [5.41, 5.74) is 1.08. The number of piperidine rings is 1. The van der Waals surface area contributed by atoms with E-state index < -0.39 is 0 Å². The highest BCUT2D eigenvalue weighted by Gasteiger charge is 2.24. The molecular formula is C24H35N7S. The Labute approximate surface area is 197 Å². The molecule has 7 nitrogen and oxygen atoms in total. The molecule has 2 fully saturated rings. The first-order chi connectivity index (χ1) is 15.6. The molecule has 172 valence electrons. The fraction of sp³-hybridized carbons (Fsp3) is 0.583. The molecule has 2 atom stereocenters. The number of hydrogen-bond acceptors (Lipinski definition) is 6. The van der Waals surface area contributed by atoms with E-state index in [1.54, 1.807) is 6.20 Å². The van der Waals surface area contributed by atoms with Crippen molar-refractivity contribution < 1.29 is 0 Å². The molecule has 0 unspecified atom stereocenters. The molecule has 2 saturated heterocycles. The number of aromatic nitrogens is 3. The molecule has 2 N–H and O–H groups in total. The van der Waals surface area contributed by atoms with E-state index in [0.29, 0.717) is 29.4 Å². The number of anilines is 3. The molecule has 0 aromatic carbocycles. The Kier molecular flexibility index (Phi) is 7.73. The van der Waals surface area contributed by atoms with Gasteiger partial charge in [-0.15, -0.1) is 0 Å². The molecule has 2 aromatic rings. The lowest BCUT2D eigenvalue weighted by Crippen LogP contribution is -2.39. The zero-order chi connectivity index (χ0) is 22.3. The van der Waals surface area contributed by atoms with Crippen molar-refractivity contribution in [2.24, 2.45) is 11.8 Å². The highest BCUT2D eigenvalue weighted by atomic mass is 32.1. The van der Waals surface area contributed by atoms with Crippen molar-refractivity contribution in [2.45, 2.75) is 52.5 Å². The second kappa shape index (κ2) is 10.9. The quantitative estimate of drug-likeness (QED) is 0.652. The van der Waals surface area contributed by atoms with Gasteiger partial charge < -0.3 is 20.4 Å². The molecule has 2 aliphatic rings. The molecular weight excluding hydrogens is 418 g/mol. The van der Waals surface area contributed by atoms with Gasteiger partial charge in [0.1, 0.15) is 11.6 Å². The van der Waals surface area contributed by atoms with Crippen molar-refractivity contribution in [3.63, 3.8) is 0 Å². The van der Waals surface area contributed by atoms with Gasteiger partial charge in [-0.2, -0.15) is 9.97 Å². The zero-order valence-electron chi connectivity index (χ0n) is 19.3. The molecule has 0 radical (unpaired) electrons. The van der Waals surface area contributed by atoms with E-state index in [4.69, 9.17) is 22.2 Å². The van der Waals surface area contributed by atoms with Crippen molar-refractivity contribution in [3.8, 4) is 0 Å². The van der Waals surface area contributed by atoms with Crippen LogP contribution in [0, 0.1) is 11.8 Å². The smallest absolute Gasteiger partial charge is 0.232 e. The van der Waals surface area contributed by atoms with Crippen LogP contribution >= 0.6 is 12.2 Å². The Morgan fingerprint density at radius 2 is 1.72 bits per heavy atom. The van der Waals surface area contributed by atoms with Crippen molar-refractivity contribution in [3.05, 3.63) is 36.2 Å². The number of rotatable bonds is 5. The first kappa shape index (κ1) is 22.7. The topological polar surface area (TPSA) is 69.2 Å². The van der Waals surface area contributed by atoms with E-state index in [0.717, 1.165) is 43.4 Å². The predicted octanol–water partition coefficient (Wildman–Crippen LogP) is 4.22. The molecule has 2 aliphatic heterocycles. The molecule has 0 spiro atoms. The standard InChI is InChI=1S/C24H35N7S/c1-18-12-19(2)17-31(16-18)22-13-21(30-10-5-3-4-6-11-30)27-23(28-22)29-24(32)26-15-20-8-7-9-25-14-20/h7-9,13-14,18-19H,3-6,10-12,15-17H2,1-2H3,(H2,26,27,28,29,32)/t18-,19+. The third-order valence-corrected chi connectivity index (χ3v) is 6.47. The van der Waals surface area contributed by atoms with Crippen LogP contribution in [0.1, 0.15) is 51.5 Å². The van der Waals surface area contributed by atoms with Gasteiger partial charge >= 0.3 is 0 Å². The van der Waals surface area contributed by atoms with Gasteiger partial charge in [-0.1, -0.05) is 32.8 Å². The molecule has 32 heavy (non-hydrogen) atoms. The SMILES string of the molecule is C[C@@H]1C[C@H](C)CN(c2cc(N3CCCCCC3)nc(NC(=S)NCc3cccnc3)n2)C1. The maximum atomic E-state index is 5.54. The van der Waals surface area contributed by atoms with Crippen molar-refractivity contribution in [2.75, 3.05) is 41.3 Å². The molecule has 0 bridgehead atoms. The number of hydrogen-bond donors (Lipinski definition) is 2. The van der Waals surface area contributed by atoms with Gasteiger partial charge in [0.15, 0.2) is 5.11 Å².